The Morgan fingerprint density at radius 1 is 0.917 bits per heavy atom. The molecule has 2 aromatic heterocycles. The summed E-state index contributed by atoms with van der Waals surface area (Å²) in [6.07, 6.45) is 3.31. The van der Waals surface area contributed by atoms with Gasteiger partial charge in [-0.3, -0.25) is 4.98 Å². The summed E-state index contributed by atoms with van der Waals surface area (Å²) in [7, 11) is 0. The lowest BCUT2D eigenvalue weighted by Gasteiger charge is -2.06. The molecule has 116 valence electrons. The summed E-state index contributed by atoms with van der Waals surface area (Å²) in [4.78, 5) is 9.04. The monoisotopic (exact) mass is 315 g/mol. The SMILES string of the molecule is [O-][n+]1nc(Nc2cccnc2)nc2cc(-c3ccccc3)ccc21. The molecule has 2 aromatic carbocycles. The zero-order chi connectivity index (χ0) is 16.4. The minimum absolute atomic E-state index is 0.232. The molecule has 4 rings (SSSR count). The van der Waals surface area contributed by atoms with E-state index in [0.717, 1.165) is 16.8 Å². The molecule has 2 heterocycles. The minimum atomic E-state index is 0.232. The number of hydrogen-bond acceptors (Lipinski definition) is 5. The Labute approximate surface area is 138 Å². The van der Waals surface area contributed by atoms with Crippen LogP contribution in [0, 0.1) is 5.21 Å². The fraction of sp³-hybridized carbons (Fsp3) is 0. The number of benzene rings is 2. The third-order valence-corrected chi connectivity index (χ3v) is 3.62. The standard InChI is InChI=1S/C18H13N5O/c24-23-17-9-8-14(13-5-2-1-3-6-13)11-16(17)21-18(22-23)20-15-7-4-10-19-12-15/h1-12H,(H,20,21,22). The van der Waals surface area contributed by atoms with Crippen LogP contribution >= 0.6 is 0 Å². The molecule has 1 N–H and O–H groups in total. The molecule has 0 unspecified atom stereocenters. The molecule has 6 heteroatoms. The van der Waals surface area contributed by atoms with E-state index in [4.69, 9.17) is 0 Å². The zero-order valence-corrected chi connectivity index (χ0v) is 12.6. The fourth-order valence-corrected chi connectivity index (χ4v) is 2.48. The van der Waals surface area contributed by atoms with Crippen LogP contribution < -0.4 is 10.2 Å². The highest BCUT2D eigenvalue weighted by molar-refractivity contribution is 5.80. The predicted molar refractivity (Wildman–Crippen MR) is 91.5 cm³/mol. The molecule has 0 fully saturated rings. The Balaban J connectivity index is 1.78. The van der Waals surface area contributed by atoms with Gasteiger partial charge in [0.05, 0.1) is 17.0 Å². The van der Waals surface area contributed by atoms with Crippen LogP contribution in [0.25, 0.3) is 22.2 Å². The molecule has 0 saturated heterocycles. The first kappa shape index (κ1) is 14.1. The second kappa shape index (κ2) is 5.92. The average Bonchev–Trinajstić information content (AvgIpc) is 2.63. The molecule has 0 aliphatic rings. The first-order valence-corrected chi connectivity index (χ1v) is 7.44. The number of rotatable bonds is 3. The smallest absolute Gasteiger partial charge is 0.295 e. The third kappa shape index (κ3) is 2.72. The zero-order valence-electron chi connectivity index (χ0n) is 12.6. The maximum absolute atomic E-state index is 12.1. The molecule has 0 radical (unpaired) electrons. The maximum atomic E-state index is 12.1. The number of pyridine rings is 1. The van der Waals surface area contributed by atoms with Crippen LogP contribution in [0.3, 0.4) is 0 Å². The lowest BCUT2D eigenvalue weighted by molar-refractivity contribution is -0.641. The highest BCUT2D eigenvalue weighted by Crippen LogP contribution is 2.22. The summed E-state index contributed by atoms with van der Waals surface area (Å²) in [6.45, 7) is 0. The van der Waals surface area contributed by atoms with Crippen LogP contribution in [0.5, 0.6) is 0 Å². The van der Waals surface area contributed by atoms with Crippen molar-refractivity contribution in [1.82, 2.24) is 15.1 Å². The number of hydrogen-bond donors (Lipinski definition) is 1. The number of fused-ring (bicyclic) bond motifs is 1. The highest BCUT2D eigenvalue weighted by atomic mass is 16.5. The molecule has 0 aliphatic heterocycles. The van der Waals surface area contributed by atoms with Gasteiger partial charge in [-0.05, 0) is 40.2 Å². The largest absolute Gasteiger partial charge is 0.594 e. The van der Waals surface area contributed by atoms with Gasteiger partial charge in [0, 0.05) is 12.3 Å². The van der Waals surface area contributed by atoms with E-state index < -0.39 is 0 Å². The van der Waals surface area contributed by atoms with Gasteiger partial charge < -0.3 is 10.5 Å². The highest BCUT2D eigenvalue weighted by Gasteiger charge is 2.12. The Morgan fingerprint density at radius 3 is 2.58 bits per heavy atom. The molecule has 0 bridgehead atoms. The van der Waals surface area contributed by atoms with Gasteiger partial charge in [0.1, 0.15) is 5.52 Å². The van der Waals surface area contributed by atoms with Crippen LogP contribution in [0.2, 0.25) is 0 Å². The molecule has 0 saturated carbocycles. The van der Waals surface area contributed by atoms with Crippen LogP contribution in [0.15, 0.2) is 73.1 Å². The molecule has 0 atom stereocenters. The molecule has 0 spiro atoms. The number of aromatic nitrogens is 4. The third-order valence-electron chi connectivity index (χ3n) is 3.62. The maximum Gasteiger partial charge on any atom is 0.295 e. The summed E-state index contributed by atoms with van der Waals surface area (Å²) in [5, 5.41) is 19.0. The summed E-state index contributed by atoms with van der Waals surface area (Å²) >= 11 is 0. The van der Waals surface area contributed by atoms with Crippen LogP contribution in [-0.4, -0.2) is 15.1 Å². The first-order valence-electron chi connectivity index (χ1n) is 7.44. The van der Waals surface area contributed by atoms with Gasteiger partial charge in [-0.1, -0.05) is 30.3 Å². The summed E-state index contributed by atoms with van der Waals surface area (Å²) < 4.78 is 0. The van der Waals surface area contributed by atoms with Crippen LogP contribution in [0.1, 0.15) is 0 Å². The van der Waals surface area contributed by atoms with Crippen molar-refractivity contribution in [2.24, 2.45) is 0 Å². The van der Waals surface area contributed by atoms with Gasteiger partial charge in [0.2, 0.25) is 0 Å². The molecule has 4 aromatic rings. The minimum Gasteiger partial charge on any atom is -0.594 e. The molecule has 0 amide bonds. The molecular weight excluding hydrogens is 302 g/mol. The van der Waals surface area contributed by atoms with E-state index in [2.05, 4.69) is 20.4 Å². The second-order valence-corrected chi connectivity index (χ2v) is 5.24. The van der Waals surface area contributed by atoms with Crippen molar-refractivity contribution in [3.8, 4) is 11.1 Å². The van der Waals surface area contributed by atoms with E-state index in [9.17, 15) is 5.21 Å². The van der Waals surface area contributed by atoms with Gasteiger partial charge >= 0.3 is 0 Å². The summed E-state index contributed by atoms with van der Waals surface area (Å²) in [6, 6.07) is 19.1. The quantitative estimate of drug-likeness (QED) is 0.464. The lowest BCUT2D eigenvalue weighted by Crippen LogP contribution is -2.33. The molecule has 0 aliphatic carbocycles. The normalized spacial score (nSPS) is 10.7. The number of nitrogens with one attached hydrogen (secondary N) is 1. The molecular formula is C18H13N5O. The second-order valence-electron chi connectivity index (χ2n) is 5.24. The lowest BCUT2D eigenvalue weighted by atomic mass is 10.1. The first-order chi connectivity index (χ1) is 11.8. The van der Waals surface area contributed by atoms with Crippen molar-refractivity contribution in [2.45, 2.75) is 0 Å². The van der Waals surface area contributed by atoms with Crippen molar-refractivity contribution in [3.05, 3.63) is 78.3 Å². The van der Waals surface area contributed by atoms with E-state index >= 15 is 0 Å². The van der Waals surface area contributed by atoms with Crippen molar-refractivity contribution in [2.75, 3.05) is 5.32 Å². The van der Waals surface area contributed by atoms with Crippen molar-refractivity contribution >= 4 is 22.7 Å². The van der Waals surface area contributed by atoms with Gasteiger partial charge in [0.25, 0.3) is 11.5 Å². The molecule has 24 heavy (non-hydrogen) atoms. The van der Waals surface area contributed by atoms with E-state index in [1.54, 1.807) is 24.5 Å². The van der Waals surface area contributed by atoms with E-state index in [1.165, 1.54) is 0 Å². The van der Waals surface area contributed by atoms with E-state index in [0.29, 0.717) is 15.9 Å². The Kier molecular flexibility index (Phi) is 3.47. The number of nitrogens with zero attached hydrogens (tertiary/aromatic N) is 4. The van der Waals surface area contributed by atoms with Gasteiger partial charge in [-0.15, -0.1) is 0 Å². The fourth-order valence-electron chi connectivity index (χ4n) is 2.48. The average molecular weight is 315 g/mol. The Morgan fingerprint density at radius 2 is 1.79 bits per heavy atom. The summed E-state index contributed by atoms with van der Waals surface area (Å²) in [5.41, 5.74) is 3.78. The Bertz CT molecular complexity index is 990. The van der Waals surface area contributed by atoms with E-state index in [-0.39, 0.29) is 5.95 Å². The Hall–Kier alpha value is -3.54. The van der Waals surface area contributed by atoms with Crippen LogP contribution in [0.4, 0.5) is 11.6 Å². The van der Waals surface area contributed by atoms with Crippen molar-refractivity contribution < 1.29 is 4.85 Å². The van der Waals surface area contributed by atoms with Gasteiger partial charge in [-0.2, -0.15) is 0 Å². The summed E-state index contributed by atoms with van der Waals surface area (Å²) in [5.74, 6) is 0.232. The number of anilines is 2. The van der Waals surface area contributed by atoms with E-state index in [1.807, 2.05) is 48.5 Å². The van der Waals surface area contributed by atoms with Crippen LogP contribution in [-0.2, 0) is 0 Å². The van der Waals surface area contributed by atoms with Gasteiger partial charge in [-0.25, -0.2) is 4.98 Å². The molecule has 6 nitrogen and oxygen atoms in total. The predicted octanol–water partition coefficient (Wildman–Crippen LogP) is 3.07. The van der Waals surface area contributed by atoms with Crippen molar-refractivity contribution in [1.29, 1.82) is 0 Å². The topological polar surface area (TPSA) is 77.6 Å². The van der Waals surface area contributed by atoms with Gasteiger partial charge in [0.15, 0.2) is 0 Å². The van der Waals surface area contributed by atoms with Crippen molar-refractivity contribution in [3.63, 3.8) is 0 Å².